The number of ether oxygens (including phenoxy) is 1. The number of nitrogens with zero attached hydrogens (tertiary/aromatic N) is 1. The van der Waals surface area contributed by atoms with Crippen LogP contribution in [-0.4, -0.2) is 34.5 Å². The van der Waals surface area contributed by atoms with Crippen LogP contribution in [0.2, 0.25) is 0 Å². The molecule has 0 saturated carbocycles. The van der Waals surface area contributed by atoms with E-state index in [1.807, 2.05) is 0 Å². The van der Waals surface area contributed by atoms with E-state index in [1.165, 1.54) is 37.6 Å². The lowest BCUT2D eigenvalue weighted by molar-refractivity contribution is -0.123. The average Bonchev–Trinajstić information content (AvgIpc) is 2.78. The second-order valence-corrected chi connectivity index (χ2v) is 9.39. The van der Waals surface area contributed by atoms with Crippen molar-refractivity contribution in [2.75, 3.05) is 24.5 Å². The third-order valence-corrected chi connectivity index (χ3v) is 7.00. The number of carbonyl (C=O) groups excluding carboxylic acids is 1. The van der Waals surface area contributed by atoms with Gasteiger partial charge in [-0.3, -0.25) is 9.10 Å². The largest absolute Gasteiger partial charge is 0.484 e. The molecule has 8 heteroatoms. The van der Waals surface area contributed by atoms with Crippen LogP contribution in [-0.2, 0) is 14.8 Å². The Kier molecular flexibility index (Phi) is 7.68. The monoisotopic (exact) mass is 446 g/mol. The van der Waals surface area contributed by atoms with Gasteiger partial charge in [0, 0.05) is 13.6 Å². The number of anilines is 1. The van der Waals surface area contributed by atoms with Crippen molar-refractivity contribution < 1.29 is 22.3 Å². The lowest BCUT2D eigenvalue weighted by Crippen LogP contribution is -2.30. The first-order valence-corrected chi connectivity index (χ1v) is 11.7. The van der Waals surface area contributed by atoms with Crippen LogP contribution in [0.5, 0.6) is 5.75 Å². The van der Waals surface area contributed by atoms with Gasteiger partial charge in [0.25, 0.3) is 15.9 Å². The number of halogens is 1. The van der Waals surface area contributed by atoms with Crippen molar-refractivity contribution in [2.24, 2.45) is 0 Å². The van der Waals surface area contributed by atoms with E-state index >= 15 is 0 Å². The number of allylic oxidation sites excluding steroid dienone is 1. The van der Waals surface area contributed by atoms with E-state index in [4.69, 9.17) is 4.74 Å². The van der Waals surface area contributed by atoms with Gasteiger partial charge in [-0.05, 0) is 80.6 Å². The van der Waals surface area contributed by atoms with Gasteiger partial charge in [-0.25, -0.2) is 12.8 Å². The molecule has 3 rings (SSSR count). The number of benzene rings is 2. The maximum Gasteiger partial charge on any atom is 0.264 e. The minimum atomic E-state index is -3.81. The van der Waals surface area contributed by atoms with Crippen molar-refractivity contribution in [3.8, 4) is 5.75 Å². The predicted molar refractivity (Wildman–Crippen MR) is 118 cm³/mol. The van der Waals surface area contributed by atoms with Crippen LogP contribution >= 0.6 is 0 Å². The molecule has 0 bridgehead atoms. The molecule has 0 heterocycles. The Morgan fingerprint density at radius 1 is 1.10 bits per heavy atom. The lowest BCUT2D eigenvalue weighted by atomic mass is 9.97. The first-order chi connectivity index (χ1) is 14.9. The van der Waals surface area contributed by atoms with Gasteiger partial charge in [-0.15, -0.1) is 0 Å². The molecule has 1 N–H and O–H groups in total. The molecule has 0 saturated heterocycles. The number of nitrogens with one attached hydrogen (secondary N) is 1. The maximum atomic E-state index is 13.1. The zero-order valence-electron chi connectivity index (χ0n) is 17.5. The van der Waals surface area contributed by atoms with Gasteiger partial charge in [-0.2, -0.15) is 0 Å². The molecular formula is C23H27FN2O4S. The Labute approximate surface area is 182 Å². The third-order valence-electron chi connectivity index (χ3n) is 5.20. The molecule has 0 fully saturated rings. The molecule has 1 aliphatic rings. The fraction of sp³-hybridized carbons (Fsp3) is 0.348. The van der Waals surface area contributed by atoms with Gasteiger partial charge in [0.05, 0.1) is 10.6 Å². The second kappa shape index (κ2) is 10.4. The zero-order valence-corrected chi connectivity index (χ0v) is 18.3. The summed E-state index contributed by atoms with van der Waals surface area (Å²) in [5.41, 5.74) is 1.82. The number of hydrogen-bond acceptors (Lipinski definition) is 4. The molecule has 166 valence electrons. The molecule has 2 aromatic rings. The molecule has 2 aromatic carbocycles. The van der Waals surface area contributed by atoms with Crippen LogP contribution < -0.4 is 14.4 Å². The number of amides is 1. The van der Waals surface area contributed by atoms with Gasteiger partial charge >= 0.3 is 0 Å². The molecule has 1 amide bonds. The van der Waals surface area contributed by atoms with E-state index in [-0.39, 0.29) is 17.4 Å². The average molecular weight is 447 g/mol. The number of sulfonamides is 1. The first-order valence-electron chi connectivity index (χ1n) is 10.3. The van der Waals surface area contributed by atoms with Crippen LogP contribution in [0, 0.1) is 5.82 Å². The van der Waals surface area contributed by atoms with Crippen molar-refractivity contribution in [3.05, 3.63) is 66.0 Å². The highest BCUT2D eigenvalue weighted by Crippen LogP contribution is 2.24. The van der Waals surface area contributed by atoms with Crippen molar-refractivity contribution in [2.45, 2.75) is 37.0 Å². The summed E-state index contributed by atoms with van der Waals surface area (Å²) in [4.78, 5) is 12.0. The SMILES string of the molecule is CN(c1ccc(OCC(=O)NCCC2=CCCCC2)cc1)S(=O)(=O)c1ccc(F)cc1. The van der Waals surface area contributed by atoms with E-state index in [0.717, 1.165) is 35.7 Å². The smallest absolute Gasteiger partial charge is 0.264 e. The Morgan fingerprint density at radius 3 is 2.45 bits per heavy atom. The minimum absolute atomic E-state index is 0.00242. The summed E-state index contributed by atoms with van der Waals surface area (Å²) in [5, 5.41) is 2.85. The molecule has 0 aliphatic heterocycles. The molecular weight excluding hydrogens is 419 g/mol. The molecule has 6 nitrogen and oxygen atoms in total. The normalized spacial score (nSPS) is 13.9. The number of hydrogen-bond donors (Lipinski definition) is 1. The highest BCUT2D eigenvalue weighted by atomic mass is 32.2. The Hall–Kier alpha value is -2.87. The zero-order chi connectivity index (χ0) is 22.3. The van der Waals surface area contributed by atoms with E-state index in [0.29, 0.717) is 18.0 Å². The molecule has 0 atom stereocenters. The summed E-state index contributed by atoms with van der Waals surface area (Å²) in [6, 6.07) is 11.0. The Morgan fingerprint density at radius 2 is 1.81 bits per heavy atom. The van der Waals surface area contributed by atoms with Crippen LogP contribution in [0.25, 0.3) is 0 Å². The van der Waals surface area contributed by atoms with Crippen LogP contribution in [0.3, 0.4) is 0 Å². The van der Waals surface area contributed by atoms with Gasteiger partial charge in [0.1, 0.15) is 11.6 Å². The highest BCUT2D eigenvalue weighted by Gasteiger charge is 2.21. The Balaban J connectivity index is 1.49. The predicted octanol–water partition coefficient (Wildman–Crippen LogP) is 4.04. The summed E-state index contributed by atoms with van der Waals surface area (Å²) < 4.78 is 45.0. The molecule has 31 heavy (non-hydrogen) atoms. The summed E-state index contributed by atoms with van der Waals surface area (Å²) >= 11 is 0. The van der Waals surface area contributed by atoms with Gasteiger partial charge < -0.3 is 10.1 Å². The molecule has 0 radical (unpaired) electrons. The van der Waals surface area contributed by atoms with Crippen molar-refractivity contribution in [1.29, 1.82) is 0 Å². The third kappa shape index (κ3) is 6.30. The molecule has 0 spiro atoms. The quantitative estimate of drug-likeness (QED) is 0.590. The fourth-order valence-corrected chi connectivity index (χ4v) is 4.55. The standard InChI is InChI=1S/C23H27FN2O4S/c1-26(31(28,29)22-13-7-19(24)8-14-22)20-9-11-21(12-10-20)30-17-23(27)25-16-15-18-5-3-2-4-6-18/h5,7-14H,2-4,6,15-17H2,1H3,(H,25,27). The van der Waals surface area contributed by atoms with E-state index in [9.17, 15) is 17.6 Å². The Bertz CT molecular complexity index is 1020. The number of rotatable bonds is 9. The van der Waals surface area contributed by atoms with E-state index in [1.54, 1.807) is 24.3 Å². The van der Waals surface area contributed by atoms with Crippen LogP contribution in [0.4, 0.5) is 10.1 Å². The number of carbonyl (C=O) groups is 1. The van der Waals surface area contributed by atoms with E-state index in [2.05, 4.69) is 11.4 Å². The summed E-state index contributed by atoms with van der Waals surface area (Å²) in [6.45, 7) is 0.487. The maximum absolute atomic E-state index is 13.1. The van der Waals surface area contributed by atoms with Crippen LogP contribution in [0.15, 0.2) is 65.1 Å². The summed E-state index contributed by atoms with van der Waals surface area (Å²) in [5.74, 6) is -0.240. The van der Waals surface area contributed by atoms with Crippen molar-refractivity contribution in [1.82, 2.24) is 5.32 Å². The van der Waals surface area contributed by atoms with Gasteiger partial charge in [0.2, 0.25) is 0 Å². The molecule has 1 aliphatic carbocycles. The first kappa shape index (κ1) is 22.8. The molecule has 0 unspecified atom stereocenters. The van der Waals surface area contributed by atoms with Gasteiger partial charge in [-0.1, -0.05) is 11.6 Å². The topological polar surface area (TPSA) is 75.7 Å². The summed E-state index contributed by atoms with van der Waals surface area (Å²) in [7, 11) is -2.39. The lowest BCUT2D eigenvalue weighted by Gasteiger charge is -2.20. The highest BCUT2D eigenvalue weighted by molar-refractivity contribution is 7.92. The summed E-state index contributed by atoms with van der Waals surface area (Å²) in [6.07, 6.45) is 7.85. The van der Waals surface area contributed by atoms with Crippen LogP contribution in [0.1, 0.15) is 32.1 Å². The van der Waals surface area contributed by atoms with Gasteiger partial charge in [0.15, 0.2) is 6.61 Å². The fourth-order valence-electron chi connectivity index (χ4n) is 3.35. The second-order valence-electron chi connectivity index (χ2n) is 7.42. The van der Waals surface area contributed by atoms with Crippen molar-refractivity contribution in [3.63, 3.8) is 0 Å². The molecule has 0 aromatic heterocycles. The minimum Gasteiger partial charge on any atom is -0.484 e. The van der Waals surface area contributed by atoms with E-state index < -0.39 is 15.8 Å². The van der Waals surface area contributed by atoms with Crippen molar-refractivity contribution >= 4 is 21.6 Å².